The fraction of sp³-hybridized carbons (Fsp3) is 0.375. The highest BCUT2D eigenvalue weighted by Crippen LogP contribution is 2.33. The largest absolute Gasteiger partial charge is 0.355 e. The van der Waals surface area contributed by atoms with Crippen LogP contribution in [0.5, 0.6) is 0 Å². The molecule has 10 heteroatoms. The average Bonchev–Trinajstić information content (AvgIpc) is 2.67. The van der Waals surface area contributed by atoms with Crippen molar-refractivity contribution >= 4 is 23.2 Å². The second-order valence-corrected chi connectivity index (χ2v) is 6.14. The first-order valence-electron chi connectivity index (χ1n) is 8.27. The zero-order valence-corrected chi connectivity index (χ0v) is 14.3. The highest BCUT2D eigenvalue weighted by Gasteiger charge is 2.29. The Hall–Kier alpha value is -3.30. The number of carbonyl (C=O) groups is 1. The molecule has 2 aromatic rings. The Bertz CT molecular complexity index is 792. The predicted octanol–water partition coefficient (Wildman–Crippen LogP) is 1.77. The van der Waals surface area contributed by atoms with Gasteiger partial charge in [-0.3, -0.25) is 30.7 Å². The van der Waals surface area contributed by atoms with E-state index in [2.05, 4.69) is 32.7 Å². The minimum Gasteiger partial charge on any atom is -0.351 e. The minimum atomic E-state index is -0.533. The molecule has 0 saturated carbocycles. The Morgan fingerprint density at radius 3 is 2.62 bits per heavy atom. The topological polar surface area (TPSA) is 126 Å². The molecule has 1 aliphatic rings. The van der Waals surface area contributed by atoms with Crippen LogP contribution in [-0.4, -0.2) is 38.9 Å². The lowest BCUT2D eigenvalue weighted by atomic mass is 9.99. The number of pyridine rings is 1. The van der Waals surface area contributed by atoms with Crippen molar-refractivity contribution in [1.29, 1.82) is 0 Å². The molecule has 10 nitrogen and oxygen atoms in total. The summed E-state index contributed by atoms with van der Waals surface area (Å²) in [6.45, 7) is 3.55. The summed E-state index contributed by atoms with van der Waals surface area (Å²) in [6.07, 6.45) is 6.11. The van der Waals surface area contributed by atoms with E-state index < -0.39 is 10.8 Å². The van der Waals surface area contributed by atoms with Crippen LogP contribution in [0.25, 0.3) is 0 Å². The molecule has 2 aromatic heterocycles. The molecule has 0 aliphatic carbocycles. The molecule has 0 atom stereocenters. The molecule has 0 aromatic carbocycles. The van der Waals surface area contributed by atoms with Crippen LogP contribution in [-0.2, 0) is 0 Å². The second kappa shape index (κ2) is 7.72. The van der Waals surface area contributed by atoms with Crippen LogP contribution < -0.4 is 15.8 Å². The molecular formula is C16H19N7O3. The van der Waals surface area contributed by atoms with Crippen molar-refractivity contribution in [2.24, 2.45) is 5.92 Å². The Labute approximate surface area is 149 Å². The van der Waals surface area contributed by atoms with Crippen LogP contribution >= 0.6 is 0 Å². The third-order valence-electron chi connectivity index (χ3n) is 4.31. The number of amides is 1. The number of piperidine rings is 1. The maximum atomic E-state index is 12.1. The molecule has 0 radical (unpaired) electrons. The lowest BCUT2D eigenvalue weighted by Crippen LogP contribution is -2.35. The van der Waals surface area contributed by atoms with Crippen molar-refractivity contribution in [2.45, 2.75) is 19.8 Å². The van der Waals surface area contributed by atoms with Gasteiger partial charge >= 0.3 is 5.69 Å². The maximum Gasteiger partial charge on any atom is 0.355 e. The van der Waals surface area contributed by atoms with Gasteiger partial charge in [-0.2, -0.15) is 0 Å². The molecule has 0 spiro atoms. The van der Waals surface area contributed by atoms with Crippen LogP contribution in [0.1, 0.15) is 30.1 Å². The molecule has 3 heterocycles. The van der Waals surface area contributed by atoms with Gasteiger partial charge in [0.2, 0.25) is 11.6 Å². The zero-order valence-electron chi connectivity index (χ0n) is 14.3. The zero-order chi connectivity index (χ0) is 18.5. The fourth-order valence-corrected chi connectivity index (χ4v) is 2.77. The minimum absolute atomic E-state index is 0.0546. The van der Waals surface area contributed by atoms with Crippen molar-refractivity contribution < 1.29 is 9.72 Å². The summed E-state index contributed by atoms with van der Waals surface area (Å²) >= 11 is 0. The molecule has 1 fully saturated rings. The fourth-order valence-electron chi connectivity index (χ4n) is 2.77. The Balaban J connectivity index is 1.80. The summed E-state index contributed by atoms with van der Waals surface area (Å²) in [5, 5.41) is 11.6. The van der Waals surface area contributed by atoms with E-state index in [9.17, 15) is 14.9 Å². The van der Waals surface area contributed by atoms with Crippen LogP contribution in [0.4, 0.5) is 17.3 Å². The summed E-state index contributed by atoms with van der Waals surface area (Å²) in [5.41, 5.74) is 5.08. The number of aromatic nitrogens is 3. The highest BCUT2D eigenvalue weighted by atomic mass is 16.6. The van der Waals surface area contributed by atoms with E-state index >= 15 is 0 Å². The maximum absolute atomic E-state index is 12.1. The number of anilines is 2. The first kappa shape index (κ1) is 17.5. The quantitative estimate of drug-likeness (QED) is 0.612. The van der Waals surface area contributed by atoms with E-state index in [0.717, 1.165) is 12.8 Å². The molecule has 0 unspecified atom stereocenters. The van der Waals surface area contributed by atoms with E-state index in [-0.39, 0.29) is 17.3 Å². The third kappa shape index (κ3) is 3.85. The first-order chi connectivity index (χ1) is 12.6. The van der Waals surface area contributed by atoms with Crippen LogP contribution in [0.2, 0.25) is 0 Å². The van der Waals surface area contributed by atoms with Gasteiger partial charge in [-0.05, 0) is 30.9 Å². The number of hydrogen-bond donors (Lipinski definition) is 2. The van der Waals surface area contributed by atoms with Crippen molar-refractivity contribution in [3.8, 4) is 0 Å². The highest BCUT2D eigenvalue weighted by molar-refractivity contribution is 5.94. The molecule has 0 bridgehead atoms. The number of nitrogens with one attached hydrogen (secondary N) is 2. The number of nitro groups is 1. The van der Waals surface area contributed by atoms with Crippen molar-refractivity contribution in [3.05, 3.63) is 46.5 Å². The van der Waals surface area contributed by atoms with Crippen molar-refractivity contribution in [3.63, 3.8) is 0 Å². The standard InChI is InChI=1S/C16H19N7O3/c1-11-4-8-22(9-5-11)15-13(23(25)26)14(18-10-19-15)20-21-16(24)12-2-6-17-7-3-12/h2-3,6-7,10-11H,4-5,8-9H2,1H3,(H,21,24)(H,18,19,20). The summed E-state index contributed by atoms with van der Waals surface area (Å²) < 4.78 is 0. The van der Waals surface area contributed by atoms with Gasteiger partial charge in [-0.25, -0.2) is 9.97 Å². The summed E-state index contributed by atoms with van der Waals surface area (Å²) in [5.74, 6) is 0.344. The van der Waals surface area contributed by atoms with Gasteiger partial charge < -0.3 is 4.90 Å². The lowest BCUT2D eigenvalue weighted by Gasteiger charge is -2.30. The predicted molar refractivity (Wildman–Crippen MR) is 94.6 cm³/mol. The number of hydrazine groups is 1. The SMILES string of the molecule is CC1CCN(c2ncnc(NNC(=O)c3ccncc3)c2[N+](=O)[O-])CC1. The van der Waals surface area contributed by atoms with Crippen molar-refractivity contribution in [1.82, 2.24) is 20.4 Å². The summed E-state index contributed by atoms with van der Waals surface area (Å²) in [7, 11) is 0. The van der Waals surface area contributed by atoms with Crippen LogP contribution in [0.3, 0.4) is 0 Å². The van der Waals surface area contributed by atoms with Crippen LogP contribution in [0, 0.1) is 16.0 Å². The Kier molecular flexibility index (Phi) is 5.20. The van der Waals surface area contributed by atoms with E-state index in [1.54, 1.807) is 0 Å². The number of nitrogens with zero attached hydrogens (tertiary/aromatic N) is 5. The van der Waals surface area contributed by atoms with E-state index in [1.165, 1.54) is 30.9 Å². The van der Waals surface area contributed by atoms with E-state index in [1.807, 2.05) is 4.90 Å². The smallest absolute Gasteiger partial charge is 0.351 e. The molecular weight excluding hydrogens is 338 g/mol. The van der Waals surface area contributed by atoms with Gasteiger partial charge in [0.1, 0.15) is 6.33 Å². The molecule has 2 N–H and O–H groups in total. The number of carbonyl (C=O) groups excluding carboxylic acids is 1. The third-order valence-corrected chi connectivity index (χ3v) is 4.31. The molecule has 1 amide bonds. The molecule has 136 valence electrons. The van der Waals surface area contributed by atoms with Gasteiger partial charge in [0, 0.05) is 31.0 Å². The van der Waals surface area contributed by atoms with E-state index in [4.69, 9.17) is 0 Å². The van der Waals surface area contributed by atoms with Gasteiger partial charge in [0.15, 0.2) is 0 Å². The second-order valence-electron chi connectivity index (χ2n) is 6.14. The monoisotopic (exact) mass is 357 g/mol. The summed E-state index contributed by atoms with van der Waals surface area (Å²) in [4.78, 5) is 36.9. The number of rotatable bonds is 5. The first-order valence-corrected chi connectivity index (χ1v) is 8.27. The Morgan fingerprint density at radius 2 is 1.96 bits per heavy atom. The molecule has 1 saturated heterocycles. The van der Waals surface area contributed by atoms with E-state index in [0.29, 0.717) is 24.6 Å². The molecule has 1 aliphatic heterocycles. The normalized spacial score (nSPS) is 14.7. The van der Waals surface area contributed by atoms with Crippen LogP contribution in [0.15, 0.2) is 30.9 Å². The van der Waals surface area contributed by atoms with Crippen molar-refractivity contribution in [2.75, 3.05) is 23.4 Å². The van der Waals surface area contributed by atoms with Gasteiger partial charge in [0.25, 0.3) is 5.91 Å². The average molecular weight is 357 g/mol. The Morgan fingerprint density at radius 1 is 1.27 bits per heavy atom. The molecule has 3 rings (SSSR count). The van der Waals surface area contributed by atoms with Gasteiger partial charge in [-0.15, -0.1) is 0 Å². The summed E-state index contributed by atoms with van der Waals surface area (Å²) in [6, 6.07) is 3.07. The molecule has 26 heavy (non-hydrogen) atoms. The number of hydrogen-bond acceptors (Lipinski definition) is 8. The van der Waals surface area contributed by atoms with Gasteiger partial charge in [0.05, 0.1) is 4.92 Å². The lowest BCUT2D eigenvalue weighted by molar-refractivity contribution is -0.383. The van der Waals surface area contributed by atoms with Gasteiger partial charge in [-0.1, -0.05) is 6.92 Å².